The van der Waals surface area contributed by atoms with E-state index in [9.17, 15) is 0 Å². The van der Waals surface area contributed by atoms with E-state index >= 15 is 0 Å². The number of hydrogen-bond donors (Lipinski definition) is 1. The zero-order chi connectivity index (χ0) is 13.1. The van der Waals surface area contributed by atoms with Crippen LogP contribution in [0.2, 0.25) is 5.02 Å². The van der Waals surface area contributed by atoms with Gasteiger partial charge in [-0.05, 0) is 50.7 Å². The summed E-state index contributed by atoms with van der Waals surface area (Å²) in [5.74, 6) is 1.87. The molecule has 2 aromatic rings. The SMILES string of the molecule is CNC(C)Cc1ccc(-c2cc(Cl)ccc2C)o1. The van der Waals surface area contributed by atoms with E-state index in [2.05, 4.69) is 19.2 Å². The number of benzene rings is 1. The first kappa shape index (κ1) is 13.2. The molecule has 3 heteroatoms. The second-order valence-corrected chi connectivity index (χ2v) is 5.06. The molecule has 0 amide bonds. The van der Waals surface area contributed by atoms with Crippen LogP contribution in [-0.4, -0.2) is 13.1 Å². The Morgan fingerprint density at radius 1 is 1.28 bits per heavy atom. The molecular formula is C15H18ClNO. The van der Waals surface area contributed by atoms with Gasteiger partial charge in [-0.15, -0.1) is 0 Å². The lowest BCUT2D eigenvalue weighted by molar-refractivity contribution is 0.481. The highest BCUT2D eigenvalue weighted by Crippen LogP contribution is 2.28. The molecule has 0 fully saturated rings. The molecule has 0 aliphatic carbocycles. The molecule has 1 unspecified atom stereocenters. The fourth-order valence-corrected chi connectivity index (χ4v) is 2.07. The van der Waals surface area contributed by atoms with Crippen LogP contribution in [0.4, 0.5) is 0 Å². The van der Waals surface area contributed by atoms with Crippen LogP contribution in [-0.2, 0) is 6.42 Å². The quantitative estimate of drug-likeness (QED) is 0.900. The predicted octanol–water partition coefficient (Wildman–Crippen LogP) is 4.06. The lowest BCUT2D eigenvalue weighted by Gasteiger charge is -2.07. The van der Waals surface area contributed by atoms with Crippen molar-refractivity contribution in [2.75, 3.05) is 7.05 Å². The van der Waals surface area contributed by atoms with Crippen LogP contribution in [0.5, 0.6) is 0 Å². The molecule has 0 aliphatic heterocycles. The van der Waals surface area contributed by atoms with E-state index in [0.717, 1.165) is 28.5 Å². The number of hydrogen-bond acceptors (Lipinski definition) is 2. The average molecular weight is 264 g/mol. The van der Waals surface area contributed by atoms with Crippen molar-refractivity contribution < 1.29 is 4.42 Å². The van der Waals surface area contributed by atoms with Gasteiger partial charge >= 0.3 is 0 Å². The summed E-state index contributed by atoms with van der Waals surface area (Å²) in [6, 6.07) is 10.3. The van der Waals surface area contributed by atoms with Crippen LogP contribution in [0.15, 0.2) is 34.7 Å². The summed E-state index contributed by atoms with van der Waals surface area (Å²) < 4.78 is 5.88. The maximum atomic E-state index is 6.03. The monoisotopic (exact) mass is 263 g/mol. The molecule has 2 nitrogen and oxygen atoms in total. The van der Waals surface area contributed by atoms with Gasteiger partial charge in [-0.3, -0.25) is 0 Å². The molecule has 0 radical (unpaired) electrons. The third kappa shape index (κ3) is 2.95. The van der Waals surface area contributed by atoms with Crippen molar-refractivity contribution in [1.82, 2.24) is 5.32 Å². The summed E-state index contributed by atoms with van der Waals surface area (Å²) in [5.41, 5.74) is 2.23. The molecule has 0 saturated carbocycles. The minimum atomic E-state index is 0.407. The minimum Gasteiger partial charge on any atom is -0.461 e. The third-order valence-corrected chi connectivity index (χ3v) is 3.36. The van der Waals surface area contributed by atoms with Crippen LogP contribution in [0.25, 0.3) is 11.3 Å². The molecule has 1 N–H and O–H groups in total. The smallest absolute Gasteiger partial charge is 0.134 e. The molecule has 0 saturated heterocycles. The highest BCUT2D eigenvalue weighted by molar-refractivity contribution is 6.30. The van der Waals surface area contributed by atoms with E-state index < -0.39 is 0 Å². The molecule has 1 atom stereocenters. The second-order valence-electron chi connectivity index (χ2n) is 4.62. The summed E-state index contributed by atoms with van der Waals surface area (Å²) in [4.78, 5) is 0. The largest absolute Gasteiger partial charge is 0.461 e. The standard InChI is InChI=1S/C15H18ClNO/c1-10-4-5-12(16)9-14(10)15-7-6-13(18-15)8-11(2)17-3/h4-7,9,11,17H,8H2,1-3H3. The van der Waals surface area contributed by atoms with Crippen LogP contribution in [0.1, 0.15) is 18.2 Å². The van der Waals surface area contributed by atoms with Gasteiger partial charge in [-0.2, -0.15) is 0 Å². The van der Waals surface area contributed by atoms with Crippen molar-refractivity contribution in [3.05, 3.63) is 46.7 Å². The molecule has 1 heterocycles. The van der Waals surface area contributed by atoms with E-state index in [1.165, 1.54) is 5.56 Å². The van der Waals surface area contributed by atoms with E-state index in [1.54, 1.807) is 0 Å². The molecule has 0 bridgehead atoms. The minimum absolute atomic E-state index is 0.407. The van der Waals surface area contributed by atoms with E-state index in [1.807, 2.05) is 37.4 Å². The van der Waals surface area contributed by atoms with Crippen molar-refractivity contribution in [3.63, 3.8) is 0 Å². The number of nitrogens with one attached hydrogen (secondary N) is 1. The van der Waals surface area contributed by atoms with Crippen LogP contribution in [0.3, 0.4) is 0 Å². The topological polar surface area (TPSA) is 25.2 Å². The highest BCUT2D eigenvalue weighted by Gasteiger charge is 2.10. The normalized spacial score (nSPS) is 12.7. The zero-order valence-electron chi connectivity index (χ0n) is 11.0. The first-order valence-corrected chi connectivity index (χ1v) is 6.50. The fourth-order valence-electron chi connectivity index (χ4n) is 1.90. The number of furan rings is 1. The maximum Gasteiger partial charge on any atom is 0.134 e. The number of halogens is 1. The summed E-state index contributed by atoms with van der Waals surface area (Å²) >= 11 is 6.03. The Morgan fingerprint density at radius 3 is 2.78 bits per heavy atom. The predicted molar refractivity (Wildman–Crippen MR) is 76.1 cm³/mol. The van der Waals surface area contributed by atoms with Gasteiger partial charge in [0, 0.05) is 23.0 Å². The molecule has 96 valence electrons. The first-order chi connectivity index (χ1) is 8.60. The van der Waals surface area contributed by atoms with Crippen molar-refractivity contribution >= 4 is 11.6 Å². The fraction of sp³-hybridized carbons (Fsp3) is 0.333. The van der Waals surface area contributed by atoms with Crippen LogP contribution in [0, 0.1) is 6.92 Å². The van der Waals surface area contributed by atoms with E-state index in [0.29, 0.717) is 6.04 Å². The Balaban J connectivity index is 2.26. The van der Waals surface area contributed by atoms with Gasteiger partial charge in [-0.25, -0.2) is 0 Å². The highest BCUT2D eigenvalue weighted by atomic mass is 35.5. The van der Waals surface area contributed by atoms with Gasteiger partial charge in [0.2, 0.25) is 0 Å². The van der Waals surface area contributed by atoms with Gasteiger partial charge in [0.25, 0.3) is 0 Å². The molecule has 18 heavy (non-hydrogen) atoms. The summed E-state index contributed by atoms with van der Waals surface area (Å²) in [6.45, 7) is 4.19. The Kier molecular flexibility index (Phi) is 4.10. The summed E-state index contributed by atoms with van der Waals surface area (Å²) in [7, 11) is 1.95. The third-order valence-electron chi connectivity index (χ3n) is 3.13. The Hall–Kier alpha value is -1.25. The number of rotatable bonds is 4. The average Bonchev–Trinajstić information content (AvgIpc) is 2.80. The molecule has 0 aliphatic rings. The van der Waals surface area contributed by atoms with Gasteiger partial charge in [0.1, 0.15) is 11.5 Å². The number of likely N-dealkylation sites (N-methyl/N-ethyl adjacent to an activating group) is 1. The lowest BCUT2D eigenvalue weighted by Crippen LogP contribution is -2.23. The maximum absolute atomic E-state index is 6.03. The van der Waals surface area contributed by atoms with Crippen LogP contribution >= 0.6 is 11.6 Å². The van der Waals surface area contributed by atoms with Crippen molar-refractivity contribution in [1.29, 1.82) is 0 Å². The van der Waals surface area contributed by atoms with Gasteiger partial charge < -0.3 is 9.73 Å². The summed E-state index contributed by atoms with van der Waals surface area (Å²) in [5, 5.41) is 3.94. The molecular weight excluding hydrogens is 246 g/mol. The van der Waals surface area contributed by atoms with E-state index in [4.69, 9.17) is 16.0 Å². The molecule has 1 aromatic carbocycles. The first-order valence-electron chi connectivity index (χ1n) is 6.12. The van der Waals surface area contributed by atoms with Crippen molar-refractivity contribution in [2.45, 2.75) is 26.3 Å². The Morgan fingerprint density at radius 2 is 2.06 bits per heavy atom. The van der Waals surface area contributed by atoms with Crippen LogP contribution < -0.4 is 5.32 Å². The molecule has 2 rings (SSSR count). The van der Waals surface area contributed by atoms with Gasteiger partial charge in [-0.1, -0.05) is 17.7 Å². The molecule has 0 spiro atoms. The van der Waals surface area contributed by atoms with Crippen molar-refractivity contribution in [2.24, 2.45) is 0 Å². The molecule has 1 aromatic heterocycles. The van der Waals surface area contributed by atoms with E-state index in [-0.39, 0.29) is 0 Å². The second kappa shape index (κ2) is 5.59. The van der Waals surface area contributed by atoms with Gasteiger partial charge in [0.05, 0.1) is 0 Å². The number of aryl methyl sites for hydroxylation is 1. The van der Waals surface area contributed by atoms with Gasteiger partial charge in [0.15, 0.2) is 0 Å². The zero-order valence-corrected chi connectivity index (χ0v) is 11.7. The Bertz CT molecular complexity index is 533. The summed E-state index contributed by atoms with van der Waals surface area (Å²) in [6.07, 6.45) is 0.885. The van der Waals surface area contributed by atoms with Crippen molar-refractivity contribution in [3.8, 4) is 11.3 Å². The Labute approximate surface area is 113 Å². The lowest BCUT2D eigenvalue weighted by atomic mass is 10.1.